The Kier molecular flexibility index (Phi) is 5.68. The number of carbonyl (C=O) groups excluding carboxylic acids is 2. The van der Waals surface area contributed by atoms with Gasteiger partial charge in [-0.1, -0.05) is 11.6 Å². The predicted molar refractivity (Wildman–Crippen MR) is 121 cm³/mol. The Labute approximate surface area is 193 Å². The molecule has 1 heterocycles. The zero-order valence-corrected chi connectivity index (χ0v) is 19.1. The lowest BCUT2D eigenvalue weighted by Crippen LogP contribution is -2.51. The van der Waals surface area contributed by atoms with Crippen LogP contribution in [0.5, 0.6) is 0 Å². The second kappa shape index (κ2) is 8.36. The number of ketones is 1. The van der Waals surface area contributed by atoms with Crippen LogP contribution in [0.1, 0.15) is 72.1 Å². The van der Waals surface area contributed by atoms with Crippen molar-refractivity contribution < 1.29 is 19.5 Å². The third-order valence-corrected chi connectivity index (χ3v) is 8.75. The van der Waals surface area contributed by atoms with E-state index in [1.165, 1.54) is 43.4 Å². The minimum Gasteiger partial charge on any atom is -0.465 e. The first kappa shape index (κ1) is 21.7. The number of hydrogen-bond donors (Lipinski definition) is 2. The van der Waals surface area contributed by atoms with Crippen LogP contribution in [0.25, 0.3) is 0 Å². The van der Waals surface area contributed by atoms with Crippen molar-refractivity contribution in [2.75, 3.05) is 19.6 Å². The molecule has 1 aliphatic heterocycles. The average molecular weight is 459 g/mol. The van der Waals surface area contributed by atoms with E-state index in [1.54, 1.807) is 18.2 Å². The van der Waals surface area contributed by atoms with Crippen LogP contribution < -0.4 is 5.32 Å². The van der Waals surface area contributed by atoms with Gasteiger partial charge >= 0.3 is 6.09 Å². The minimum absolute atomic E-state index is 0.0400. The third-order valence-electron chi connectivity index (χ3n) is 8.42. The molecule has 172 valence electrons. The van der Waals surface area contributed by atoms with Crippen LogP contribution in [0.3, 0.4) is 0 Å². The molecule has 32 heavy (non-hydrogen) atoms. The zero-order chi connectivity index (χ0) is 22.5. The van der Waals surface area contributed by atoms with Crippen molar-refractivity contribution in [3.8, 4) is 0 Å². The van der Waals surface area contributed by atoms with Gasteiger partial charge in [0.25, 0.3) is 5.91 Å². The van der Waals surface area contributed by atoms with Gasteiger partial charge in [0.15, 0.2) is 5.78 Å². The topological polar surface area (TPSA) is 86.7 Å². The Morgan fingerprint density at radius 3 is 2.19 bits per heavy atom. The summed E-state index contributed by atoms with van der Waals surface area (Å²) < 4.78 is 0. The number of Topliss-reactive ketones (excluding diaryl/α,β-unsaturated/α-hetero) is 1. The molecule has 1 saturated heterocycles. The number of carbonyl (C=O) groups is 3. The second-order valence-electron chi connectivity index (χ2n) is 10.7. The van der Waals surface area contributed by atoms with Gasteiger partial charge < -0.3 is 15.3 Å². The molecule has 6 rings (SSSR count). The minimum atomic E-state index is -0.944. The van der Waals surface area contributed by atoms with E-state index in [0.29, 0.717) is 48.6 Å². The highest BCUT2D eigenvalue weighted by Gasteiger charge is 2.50. The highest BCUT2D eigenvalue weighted by Crippen LogP contribution is 2.59. The standard InChI is InChI=1S/C25H31ClN2O4/c26-21-2-1-19(22(29)18-3-5-28(6-4-18)24(31)32)10-20(21)23(30)27-14-25-11-15-7-16(12-25)9-17(8-15)13-25/h1-2,10,15-18H,3-9,11-14H2,(H,27,30)(H,31,32). The van der Waals surface area contributed by atoms with Crippen molar-refractivity contribution in [3.63, 3.8) is 0 Å². The number of nitrogens with one attached hydrogen (secondary N) is 1. The van der Waals surface area contributed by atoms with E-state index in [-0.39, 0.29) is 23.0 Å². The van der Waals surface area contributed by atoms with Gasteiger partial charge in [0.05, 0.1) is 10.6 Å². The number of nitrogens with zero attached hydrogens (tertiary/aromatic N) is 1. The molecule has 6 nitrogen and oxygen atoms in total. The predicted octanol–water partition coefficient (Wildman–Crippen LogP) is 4.86. The largest absolute Gasteiger partial charge is 0.465 e. The molecule has 2 N–H and O–H groups in total. The molecule has 4 aliphatic carbocycles. The van der Waals surface area contributed by atoms with E-state index in [2.05, 4.69) is 5.32 Å². The molecule has 0 aromatic heterocycles. The molecular formula is C25H31ClN2O4. The number of benzene rings is 1. The van der Waals surface area contributed by atoms with Gasteiger partial charge in [-0.2, -0.15) is 0 Å². The summed E-state index contributed by atoms with van der Waals surface area (Å²) in [6.45, 7) is 1.41. The average Bonchev–Trinajstić information content (AvgIpc) is 2.76. The Morgan fingerprint density at radius 2 is 1.62 bits per heavy atom. The zero-order valence-electron chi connectivity index (χ0n) is 18.3. The maximum Gasteiger partial charge on any atom is 0.407 e. The first-order chi connectivity index (χ1) is 15.3. The Morgan fingerprint density at radius 1 is 1.03 bits per heavy atom. The van der Waals surface area contributed by atoms with Gasteiger partial charge in [0.2, 0.25) is 0 Å². The summed E-state index contributed by atoms with van der Waals surface area (Å²) in [6.07, 6.45) is 7.84. The second-order valence-corrected chi connectivity index (χ2v) is 11.1. The molecule has 5 fully saturated rings. The van der Waals surface area contributed by atoms with Gasteiger partial charge in [0, 0.05) is 31.1 Å². The lowest BCUT2D eigenvalue weighted by atomic mass is 9.49. The van der Waals surface area contributed by atoms with Crippen LogP contribution in [0.4, 0.5) is 4.79 Å². The number of amides is 2. The summed E-state index contributed by atoms with van der Waals surface area (Å²) in [5.74, 6) is 2.01. The summed E-state index contributed by atoms with van der Waals surface area (Å²) in [4.78, 5) is 38.5. The summed E-state index contributed by atoms with van der Waals surface area (Å²) in [6, 6.07) is 4.91. The van der Waals surface area contributed by atoms with Crippen molar-refractivity contribution >= 4 is 29.4 Å². The fraction of sp³-hybridized carbons (Fsp3) is 0.640. The Balaban J connectivity index is 1.24. The van der Waals surface area contributed by atoms with E-state index in [9.17, 15) is 14.4 Å². The van der Waals surface area contributed by atoms with Crippen LogP contribution in [0.2, 0.25) is 5.02 Å². The molecule has 0 atom stereocenters. The summed E-state index contributed by atoms with van der Waals surface area (Å²) in [7, 11) is 0. The summed E-state index contributed by atoms with van der Waals surface area (Å²) >= 11 is 6.35. The monoisotopic (exact) mass is 458 g/mol. The van der Waals surface area contributed by atoms with Gasteiger partial charge in [-0.05, 0) is 92.7 Å². The van der Waals surface area contributed by atoms with Crippen molar-refractivity contribution in [2.45, 2.75) is 51.4 Å². The van der Waals surface area contributed by atoms with E-state index in [4.69, 9.17) is 16.7 Å². The fourth-order valence-corrected chi connectivity index (χ4v) is 7.49. The summed E-state index contributed by atoms with van der Waals surface area (Å²) in [5.41, 5.74) is 1.07. The van der Waals surface area contributed by atoms with E-state index in [0.717, 1.165) is 17.8 Å². The number of likely N-dealkylation sites (tertiary alicyclic amines) is 1. The molecule has 0 spiro atoms. The molecule has 0 radical (unpaired) electrons. The molecular weight excluding hydrogens is 428 g/mol. The van der Waals surface area contributed by atoms with E-state index < -0.39 is 6.09 Å². The molecule has 4 bridgehead atoms. The maximum atomic E-state index is 13.0. The normalized spacial score (nSPS) is 31.5. The number of piperidine rings is 1. The first-order valence-electron chi connectivity index (χ1n) is 11.9. The summed E-state index contributed by atoms with van der Waals surface area (Å²) in [5, 5.41) is 12.6. The van der Waals surface area contributed by atoms with Crippen molar-refractivity contribution in [3.05, 3.63) is 34.3 Å². The van der Waals surface area contributed by atoms with Crippen LogP contribution in [0, 0.1) is 29.1 Å². The number of hydrogen-bond acceptors (Lipinski definition) is 3. The number of carboxylic acid groups (broad SMARTS) is 1. The van der Waals surface area contributed by atoms with E-state index >= 15 is 0 Å². The molecule has 4 saturated carbocycles. The van der Waals surface area contributed by atoms with Crippen molar-refractivity contribution in [2.24, 2.45) is 29.1 Å². The lowest BCUT2D eigenvalue weighted by molar-refractivity contribution is -0.0503. The molecule has 2 amide bonds. The van der Waals surface area contributed by atoms with Gasteiger partial charge in [-0.15, -0.1) is 0 Å². The SMILES string of the molecule is O=C(NCC12CC3CC(CC(C3)C1)C2)c1cc(C(=O)C2CCN(C(=O)O)CC2)ccc1Cl. The third kappa shape index (κ3) is 4.14. The van der Waals surface area contributed by atoms with Gasteiger partial charge in [0.1, 0.15) is 0 Å². The van der Waals surface area contributed by atoms with E-state index in [1.807, 2.05) is 0 Å². The van der Waals surface area contributed by atoms with Gasteiger partial charge in [-0.25, -0.2) is 4.79 Å². The van der Waals surface area contributed by atoms with Crippen molar-refractivity contribution in [1.29, 1.82) is 0 Å². The van der Waals surface area contributed by atoms with Crippen LogP contribution >= 0.6 is 11.6 Å². The van der Waals surface area contributed by atoms with Crippen LogP contribution in [-0.2, 0) is 0 Å². The van der Waals surface area contributed by atoms with Gasteiger partial charge in [-0.3, -0.25) is 9.59 Å². The van der Waals surface area contributed by atoms with Crippen molar-refractivity contribution in [1.82, 2.24) is 10.2 Å². The quantitative estimate of drug-likeness (QED) is 0.617. The number of rotatable bonds is 5. The smallest absolute Gasteiger partial charge is 0.407 e. The highest BCUT2D eigenvalue weighted by molar-refractivity contribution is 6.34. The highest BCUT2D eigenvalue weighted by atomic mass is 35.5. The maximum absolute atomic E-state index is 13.0. The molecule has 5 aliphatic rings. The first-order valence-corrected chi connectivity index (χ1v) is 12.3. The molecule has 0 unspecified atom stereocenters. The molecule has 1 aromatic rings. The Hall–Kier alpha value is -2.08. The number of halogens is 1. The Bertz CT molecular complexity index is 903. The van der Waals surface area contributed by atoms with Crippen LogP contribution in [-0.4, -0.2) is 47.4 Å². The molecule has 1 aromatic carbocycles. The fourth-order valence-electron chi connectivity index (χ4n) is 7.29. The van der Waals surface area contributed by atoms with Crippen LogP contribution in [0.15, 0.2) is 18.2 Å². The lowest BCUT2D eigenvalue weighted by Gasteiger charge is -2.56. The molecule has 7 heteroatoms.